The summed E-state index contributed by atoms with van der Waals surface area (Å²) in [6.45, 7) is 7.76. The van der Waals surface area contributed by atoms with Crippen molar-refractivity contribution in [1.82, 2.24) is 24.8 Å². The largest absolute Gasteiger partial charge is 0.355 e. The molecular formula is C21H32N6O. The van der Waals surface area contributed by atoms with Gasteiger partial charge in [0.1, 0.15) is 11.6 Å². The minimum absolute atomic E-state index is 0.0682. The molecule has 1 amide bonds. The summed E-state index contributed by atoms with van der Waals surface area (Å²) in [6, 6.07) is 4.39. The van der Waals surface area contributed by atoms with E-state index in [1.54, 1.807) is 6.20 Å². The lowest BCUT2D eigenvalue weighted by Gasteiger charge is -2.21. The summed E-state index contributed by atoms with van der Waals surface area (Å²) in [4.78, 5) is 25.8. The van der Waals surface area contributed by atoms with Gasteiger partial charge < -0.3 is 19.7 Å². The molecule has 1 fully saturated rings. The van der Waals surface area contributed by atoms with E-state index in [4.69, 9.17) is 0 Å². The van der Waals surface area contributed by atoms with Crippen LogP contribution in [0.25, 0.3) is 0 Å². The van der Waals surface area contributed by atoms with Crippen molar-refractivity contribution >= 4 is 11.7 Å². The number of rotatable bonds is 8. The Hall–Kier alpha value is -2.41. The van der Waals surface area contributed by atoms with Crippen molar-refractivity contribution in [1.29, 1.82) is 0 Å². The fraction of sp³-hybridized carbons (Fsp3) is 0.571. The zero-order valence-electron chi connectivity index (χ0n) is 17.4. The molecule has 0 aromatic carbocycles. The van der Waals surface area contributed by atoms with Crippen molar-refractivity contribution in [2.75, 3.05) is 38.6 Å². The molecule has 2 aromatic rings. The number of hydrogen-bond acceptors (Lipinski definition) is 5. The summed E-state index contributed by atoms with van der Waals surface area (Å²) in [6.07, 6.45) is 7.53. The van der Waals surface area contributed by atoms with Gasteiger partial charge in [0, 0.05) is 56.7 Å². The smallest absolute Gasteiger partial charge is 0.252 e. The summed E-state index contributed by atoms with van der Waals surface area (Å²) in [5, 5.41) is 2.99. The number of carbonyl (C=O) groups excluding carboxylic acids is 1. The summed E-state index contributed by atoms with van der Waals surface area (Å²) < 4.78 is 2.16. The van der Waals surface area contributed by atoms with Crippen LogP contribution in [0.5, 0.6) is 0 Å². The van der Waals surface area contributed by atoms with Crippen LogP contribution in [0.3, 0.4) is 0 Å². The maximum atomic E-state index is 12.4. The second-order valence-electron chi connectivity index (χ2n) is 8.00. The second-order valence-corrected chi connectivity index (χ2v) is 8.00. The molecule has 7 nitrogen and oxygen atoms in total. The van der Waals surface area contributed by atoms with E-state index < -0.39 is 0 Å². The molecule has 28 heavy (non-hydrogen) atoms. The summed E-state index contributed by atoms with van der Waals surface area (Å²) >= 11 is 0. The molecular weight excluding hydrogens is 352 g/mol. The van der Waals surface area contributed by atoms with E-state index in [9.17, 15) is 4.79 Å². The molecule has 1 aliphatic heterocycles. The van der Waals surface area contributed by atoms with E-state index in [-0.39, 0.29) is 5.91 Å². The van der Waals surface area contributed by atoms with Gasteiger partial charge >= 0.3 is 0 Å². The molecule has 0 radical (unpaired) electrons. The molecule has 3 rings (SSSR count). The van der Waals surface area contributed by atoms with Gasteiger partial charge in [-0.1, -0.05) is 13.8 Å². The molecule has 7 heteroatoms. The zero-order valence-corrected chi connectivity index (χ0v) is 17.4. The van der Waals surface area contributed by atoms with Crippen molar-refractivity contribution in [2.45, 2.75) is 45.2 Å². The standard InChI is InChI=1S/C21H32N6O/c1-16(2)20-22-10-13-26(20)11-5-9-23-21(28)17-6-7-19(24-14-17)27-12-8-18(15-27)25(3)4/h6-7,10,13-14,16,18H,5,8-9,11-12,15H2,1-4H3,(H,23,28)/t18-/m1/s1. The van der Waals surface area contributed by atoms with Crippen LogP contribution in [0.4, 0.5) is 5.82 Å². The number of anilines is 1. The third-order valence-corrected chi connectivity index (χ3v) is 5.35. The van der Waals surface area contributed by atoms with E-state index in [1.807, 2.05) is 24.5 Å². The van der Waals surface area contributed by atoms with Gasteiger partial charge in [0.05, 0.1) is 5.56 Å². The van der Waals surface area contributed by atoms with E-state index in [1.165, 1.54) is 0 Å². The maximum absolute atomic E-state index is 12.4. The highest BCUT2D eigenvalue weighted by atomic mass is 16.1. The highest BCUT2D eigenvalue weighted by molar-refractivity contribution is 5.94. The molecule has 0 bridgehead atoms. The van der Waals surface area contributed by atoms with E-state index in [2.05, 4.69) is 57.6 Å². The monoisotopic (exact) mass is 384 g/mol. The minimum Gasteiger partial charge on any atom is -0.355 e. The first kappa shape index (κ1) is 20.3. The van der Waals surface area contributed by atoms with Crippen LogP contribution in [0, 0.1) is 0 Å². The second kappa shape index (κ2) is 9.19. The van der Waals surface area contributed by atoms with Crippen LogP contribution in [0.15, 0.2) is 30.7 Å². The Kier molecular flexibility index (Phi) is 6.67. The van der Waals surface area contributed by atoms with Crippen molar-refractivity contribution in [3.8, 4) is 0 Å². The number of nitrogens with one attached hydrogen (secondary N) is 1. The predicted octanol–water partition coefficient (Wildman–Crippen LogP) is 2.36. The molecule has 1 saturated heterocycles. The number of imidazole rings is 1. The van der Waals surface area contributed by atoms with E-state index in [0.29, 0.717) is 24.1 Å². The van der Waals surface area contributed by atoms with Crippen molar-refractivity contribution in [2.24, 2.45) is 0 Å². The van der Waals surface area contributed by atoms with Crippen LogP contribution in [-0.4, -0.2) is 65.1 Å². The molecule has 2 aromatic heterocycles. The van der Waals surface area contributed by atoms with Gasteiger partial charge in [0.15, 0.2) is 0 Å². The molecule has 1 atom stereocenters. The SMILES string of the molecule is CC(C)c1nccn1CCCNC(=O)c1ccc(N2CC[C@@H](N(C)C)C2)nc1. The number of aromatic nitrogens is 3. The minimum atomic E-state index is -0.0682. The first-order chi connectivity index (χ1) is 13.5. The van der Waals surface area contributed by atoms with Crippen LogP contribution >= 0.6 is 0 Å². The molecule has 152 valence electrons. The highest BCUT2D eigenvalue weighted by Crippen LogP contribution is 2.20. The van der Waals surface area contributed by atoms with Gasteiger partial charge in [0.25, 0.3) is 5.91 Å². The van der Waals surface area contributed by atoms with Gasteiger partial charge in [-0.2, -0.15) is 0 Å². The van der Waals surface area contributed by atoms with Crippen LogP contribution in [-0.2, 0) is 6.54 Å². The normalized spacial score (nSPS) is 16.9. The first-order valence-corrected chi connectivity index (χ1v) is 10.1. The van der Waals surface area contributed by atoms with Crippen LogP contribution < -0.4 is 10.2 Å². The lowest BCUT2D eigenvalue weighted by Crippen LogP contribution is -2.31. The van der Waals surface area contributed by atoms with Crippen molar-refractivity contribution < 1.29 is 4.79 Å². The summed E-state index contributed by atoms with van der Waals surface area (Å²) in [5.74, 6) is 2.37. The molecule has 1 aliphatic rings. The Morgan fingerprint density at radius 1 is 1.32 bits per heavy atom. The quantitative estimate of drug-likeness (QED) is 0.708. The fourth-order valence-electron chi connectivity index (χ4n) is 3.64. The number of amides is 1. The Morgan fingerprint density at radius 3 is 2.79 bits per heavy atom. The van der Waals surface area contributed by atoms with Crippen LogP contribution in [0.1, 0.15) is 48.8 Å². The molecule has 3 heterocycles. The third kappa shape index (κ3) is 4.90. The van der Waals surface area contributed by atoms with Gasteiger partial charge in [-0.25, -0.2) is 9.97 Å². The van der Waals surface area contributed by atoms with Gasteiger partial charge in [-0.15, -0.1) is 0 Å². The van der Waals surface area contributed by atoms with Crippen molar-refractivity contribution in [3.05, 3.63) is 42.1 Å². The number of hydrogen-bond donors (Lipinski definition) is 1. The van der Waals surface area contributed by atoms with Crippen LogP contribution in [0.2, 0.25) is 0 Å². The molecule has 0 unspecified atom stereocenters. The van der Waals surface area contributed by atoms with E-state index in [0.717, 1.165) is 44.1 Å². The number of pyridine rings is 1. The van der Waals surface area contributed by atoms with Gasteiger partial charge in [-0.05, 0) is 39.1 Å². The van der Waals surface area contributed by atoms with E-state index >= 15 is 0 Å². The topological polar surface area (TPSA) is 66.3 Å². The summed E-state index contributed by atoms with van der Waals surface area (Å²) in [5.41, 5.74) is 0.609. The molecule has 0 saturated carbocycles. The van der Waals surface area contributed by atoms with Crippen molar-refractivity contribution in [3.63, 3.8) is 0 Å². The highest BCUT2D eigenvalue weighted by Gasteiger charge is 2.24. The number of nitrogens with zero attached hydrogens (tertiary/aromatic N) is 5. The predicted molar refractivity (Wildman–Crippen MR) is 112 cm³/mol. The molecule has 1 N–H and O–H groups in total. The third-order valence-electron chi connectivity index (χ3n) is 5.35. The number of carbonyl (C=O) groups is 1. The first-order valence-electron chi connectivity index (χ1n) is 10.1. The maximum Gasteiger partial charge on any atom is 0.252 e. The van der Waals surface area contributed by atoms with Gasteiger partial charge in [-0.3, -0.25) is 4.79 Å². The number of aryl methyl sites for hydroxylation is 1. The Labute approximate surface area is 167 Å². The Morgan fingerprint density at radius 2 is 2.14 bits per heavy atom. The molecule has 0 spiro atoms. The lowest BCUT2D eigenvalue weighted by atomic mass is 10.2. The lowest BCUT2D eigenvalue weighted by molar-refractivity contribution is 0.0952. The average Bonchev–Trinajstić information content (AvgIpc) is 3.35. The zero-order chi connectivity index (χ0) is 20.1. The molecule has 0 aliphatic carbocycles. The summed E-state index contributed by atoms with van der Waals surface area (Å²) in [7, 11) is 4.23. The Balaban J connectivity index is 1.45. The average molecular weight is 385 g/mol. The van der Waals surface area contributed by atoms with Gasteiger partial charge in [0.2, 0.25) is 0 Å². The fourth-order valence-corrected chi connectivity index (χ4v) is 3.64. The Bertz CT molecular complexity index is 767. The number of likely N-dealkylation sites (N-methyl/N-ethyl adjacent to an activating group) is 1.